The molecule has 2 fully saturated rings. The summed E-state index contributed by atoms with van der Waals surface area (Å²) in [7, 11) is 1.31. The van der Waals surface area contributed by atoms with Crippen LogP contribution in [-0.2, 0) is 20.9 Å². The zero-order valence-electron chi connectivity index (χ0n) is 17.7. The number of piperidine rings is 1. The Morgan fingerprint density at radius 1 is 1.31 bits per heavy atom. The lowest BCUT2D eigenvalue weighted by atomic mass is 9.93. The number of carbonyl (C=O) groups is 2. The number of methoxy groups -OCH3 is 1. The molecule has 2 heterocycles. The molecule has 172 valence electrons. The van der Waals surface area contributed by atoms with E-state index in [2.05, 4.69) is 14.9 Å². The van der Waals surface area contributed by atoms with Gasteiger partial charge in [-0.1, -0.05) is 18.2 Å². The normalized spacial score (nSPS) is 21.1. The van der Waals surface area contributed by atoms with Gasteiger partial charge in [0.2, 0.25) is 0 Å². The molecule has 0 amide bonds. The maximum absolute atomic E-state index is 14.6. The first-order valence-corrected chi connectivity index (χ1v) is 10.9. The third-order valence-corrected chi connectivity index (χ3v) is 6.29. The molecule has 0 N–H and O–H groups in total. The number of carbonyl (C=O) groups excluding carboxylic acids is 2. The third-order valence-electron chi connectivity index (χ3n) is 5.70. The van der Waals surface area contributed by atoms with Crippen molar-refractivity contribution in [1.82, 2.24) is 19.9 Å². The van der Waals surface area contributed by atoms with Gasteiger partial charge >= 0.3 is 5.97 Å². The number of aromatic nitrogens is 3. The summed E-state index contributed by atoms with van der Waals surface area (Å²) in [5.41, 5.74) is 2.00. The molecule has 7 nitrogen and oxygen atoms in total. The van der Waals surface area contributed by atoms with Crippen LogP contribution in [0, 0.1) is 11.7 Å². The van der Waals surface area contributed by atoms with Crippen LogP contribution in [0.15, 0.2) is 36.0 Å². The molecular formula is C22H26ClFN4O3S. The highest BCUT2D eigenvalue weighted by molar-refractivity contribution is 7.81. The number of nitrogens with zero attached hydrogens (tertiary/aromatic N) is 4. The molecule has 2 aliphatic rings. The standard InChI is InChI=1S/C22H25FN4O3S.ClH/c1-30-20(28)13-27-24-11-16(25-27)10-15-12-26(9-8-19(15)31)21(22(29)14-6-7-14)17-4-2-3-5-18(17)23;/h2-5,10-11,14,19,21,31H,6-9,12-13H2,1H3;1H. The minimum Gasteiger partial charge on any atom is -0.468 e. The maximum atomic E-state index is 14.6. The van der Waals surface area contributed by atoms with Crippen LogP contribution in [0.4, 0.5) is 4.39 Å². The molecule has 2 aromatic rings. The minimum absolute atomic E-state index is 0. The number of ether oxygens (including phenoxy) is 1. The number of hydrogen-bond donors (Lipinski definition) is 1. The molecule has 1 saturated carbocycles. The number of benzene rings is 1. The van der Waals surface area contributed by atoms with Crippen LogP contribution in [0.3, 0.4) is 0 Å². The number of thiol groups is 1. The van der Waals surface area contributed by atoms with Gasteiger partial charge in [0.25, 0.3) is 0 Å². The second-order valence-electron chi connectivity index (χ2n) is 7.97. The first kappa shape index (κ1) is 24.4. The molecule has 1 aliphatic carbocycles. The van der Waals surface area contributed by atoms with Crippen molar-refractivity contribution in [2.45, 2.75) is 37.1 Å². The third kappa shape index (κ3) is 5.57. The Morgan fingerprint density at radius 2 is 2.06 bits per heavy atom. The molecule has 0 bridgehead atoms. The first-order chi connectivity index (χ1) is 15.0. The van der Waals surface area contributed by atoms with Crippen LogP contribution in [0.25, 0.3) is 6.08 Å². The van der Waals surface area contributed by atoms with E-state index < -0.39 is 12.0 Å². The van der Waals surface area contributed by atoms with Crippen molar-refractivity contribution in [2.75, 3.05) is 20.2 Å². The number of likely N-dealkylation sites (tertiary alicyclic amines) is 1. The maximum Gasteiger partial charge on any atom is 0.329 e. The summed E-state index contributed by atoms with van der Waals surface area (Å²) in [6.45, 7) is 1.06. The van der Waals surface area contributed by atoms with Crippen LogP contribution >= 0.6 is 25.0 Å². The van der Waals surface area contributed by atoms with Gasteiger partial charge in [-0.05, 0) is 37.0 Å². The van der Waals surface area contributed by atoms with Crippen LogP contribution < -0.4 is 0 Å². The summed E-state index contributed by atoms with van der Waals surface area (Å²) in [5.74, 6) is -0.683. The van der Waals surface area contributed by atoms with Gasteiger partial charge in [0, 0.05) is 29.8 Å². The van der Waals surface area contributed by atoms with Gasteiger partial charge in [-0.15, -0.1) is 12.4 Å². The Morgan fingerprint density at radius 3 is 2.75 bits per heavy atom. The molecule has 1 aliphatic heterocycles. The zero-order valence-corrected chi connectivity index (χ0v) is 19.4. The Labute approximate surface area is 197 Å². The van der Waals surface area contributed by atoms with Crippen LogP contribution in [0.2, 0.25) is 0 Å². The summed E-state index contributed by atoms with van der Waals surface area (Å²) in [6, 6.07) is 5.92. The van der Waals surface area contributed by atoms with Crippen molar-refractivity contribution in [3.63, 3.8) is 0 Å². The molecule has 1 aromatic heterocycles. The highest BCUT2D eigenvalue weighted by Gasteiger charge is 2.40. The van der Waals surface area contributed by atoms with Crippen LogP contribution in [0.1, 0.15) is 36.6 Å². The van der Waals surface area contributed by atoms with E-state index in [1.165, 1.54) is 18.0 Å². The van der Waals surface area contributed by atoms with E-state index in [-0.39, 0.29) is 41.7 Å². The number of Topliss-reactive ketones (excluding diaryl/α,β-unsaturated/α-hetero) is 1. The average Bonchev–Trinajstić information content (AvgIpc) is 3.53. The second-order valence-corrected chi connectivity index (χ2v) is 8.59. The van der Waals surface area contributed by atoms with Crippen molar-refractivity contribution in [3.05, 3.63) is 53.1 Å². The molecule has 0 spiro atoms. The molecule has 1 saturated heterocycles. The lowest BCUT2D eigenvalue weighted by Gasteiger charge is -2.37. The molecule has 32 heavy (non-hydrogen) atoms. The van der Waals surface area contributed by atoms with E-state index in [0.29, 0.717) is 24.3 Å². The molecular weight excluding hydrogens is 455 g/mol. The molecule has 10 heteroatoms. The number of rotatable bonds is 7. The number of hydrogen-bond acceptors (Lipinski definition) is 7. The second kappa shape index (κ2) is 10.6. The summed E-state index contributed by atoms with van der Waals surface area (Å²) in [6.07, 6.45) is 5.93. The van der Waals surface area contributed by atoms with E-state index in [4.69, 9.17) is 12.6 Å². The smallest absolute Gasteiger partial charge is 0.329 e. The van der Waals surface area contributed by atoms with Crippen LogP contribution in [0.5, 0.6) is 0 Å². The van der Waals surface area contributed by atoms with E-state index in [1.807, 2.05) is 11.0 Å². The van der Waals surface area contributed by atoms with Gasteiger partial charge in [-0.3, -0.25) is 9.69 Å². The predicted octanol–water partition coefficient (Wildman–Crippen LogP) is 3.12. The largest absolute Gasteiger partial charge is 0.468 e. The summed E-state index contributed by atoms with van der Waals surface area (Å²) >= 11 is 4.70. The monoisotopic (exact) mass is 480 g/mol. The van der Waals surface area contributed by atoms with Crippen molar-refractivity contribution in [1.29, 1.82) is 0 Å². The van der Waals surface area contributed by atoms with Gasteiger partial charge in [-0.25, -0.2) is 9.18 Å². The average molecular weight is 481 g/mol. The lowest BCUT2D eigenvalue weighted by molar-refractivity contribution is -0.141. The van der Waals surface area contributed by atoms with Crippen molar-refractivity contribution >= 4 is 42.9 Å². The molecule has 2 atom stereocenters. The van der Waals surface area contributed by atoms with Gasteiger partial charge < -0.3 is 4.74 Å². The minimum atomic E-state index is -0.604. The van der Waals surface area contributed by atoms with E-state index >= 15 is 0 Å². The van der Waals surface area contributed by atoms with Gasteiger partial charge in [0.15, 0.2) is 12.3 Å². The molecule has 1 aromatic carbocycles. The quantitative estimate of drug-likeness (QED) is 0.484. The fourth-order valence-electron chi connectivity index (χ4n) is 3.90. The Hall–Kier alpha value is -2.23. The Kier molecular flexibility index (Phi) is 8.08. The Balaban J connectivity index is 0.00000289. The molecule has 0 radical (unpaired) electrons. The van der Waals surface area contributed by atoms with Crippen molar-refractivity contribution < 1.29 is 18.7 Å². The summed E-state index contributed by atoms with van der Waals surface area (Å²) in [4.78, 5) is 27.8. The highest BCUT2D eigenvalue weighted by atomic mass is 35.5. The lowest BCUT2D eigenvalue weighted by Crippen LogP contribution is -2.42. The Bertz CT molecular complexity index is 1010. The van der Waals surface area contributed by atoms with Gasteiger partial charge in [-0.2, -0.15) is 27.6 Å². The number of halogens is 2. The van der Waals surface area contributed by atoms with Crippen molar-refractivity contribution in [2.24, 2.45) is 5.92 Å². The van der Waals surface area contributed by atoms with Gasteiger partial charge in [0.1, 0.15) is 11.5 Å². The molecule has 2 unspecified atom stereocenters. The van der Waals surface area contributed by atoms with Crippen molar-refractivity contribution in [3.8, 4) is 0 Å². The predicted molar refractivity (Wildman–Crippen MR) is 123 cm³/mol. The topological polar surface area (TPSA) is 77.3 Å². The first-order valence-electron chi connectivity index (χ1n) is 10.3. The highest BCUT2D eigenvalue weighted by Crippen LogP contribution is 2.39. The zero-order chi connectivity index (χ0) is 22.0. The fraction of sp³-hybridized carbons (Fsp3) is 0.455. The number of ketones is 1. The van der Waals surface area contributed by atoms with E-state index in [0.717, 1.165) is 24.8 Å². The molecule has 4 rings (SSSR count). The summed E-state index contributed by atoms with van der Waals surface area (Å²) in [5, 5.41) is 8.38. The van der Waals surface area contributed by atoms with E-state index in [9.17, 15) is 14.0 Å². The SMILES string of the molecule is COC(=O)Cn1ncc(C=C2CN(C(C(=O)C3CC3)c3ccccc3F)CCC2S)n1.Cl. The van der Waals surface area contributed by atoms with Gasteiger partial charge in [0.05, 0.1) is 19.3 Å². The van der Waals surface area contributed by atoms with E-state index in [1.54, 1.807) is 24.4 Å². The fourth-order valence-corrected chi connectivity index (χ4v) is 4.17. The summed E-state index contributed by atoms with van der Waals surface area (Å²) < 4.78 is 19.3. The van der Waals surface area contributed by atoms with Crippen LogP contribution in [-0.4, -0.2) is 57.1 Å². The number of esters is 1.